The number of hydrogen-bond acceptors (Lipinski definition) is 20. The summed E-state index contributed by atoms with van der Waals surface area (Å²) in [5.41, 5.74) is 3.86. The highest BCUT2D eigenvalue weighted by atomic mass is 32.2. The molecule has 3 aromatic rings. The Labute approximate surface area is 465 Å². The number of aromatic nitrogens is 3. The summed E-state index contributed by atoms with van der Waals surface area (Å²) in [7, 11) is 3.25. The predicted molar refractivity (Wildman–Crippen MR) is 287 cm³/mol. The quantitative estimate of drug-likeness (QED) is 0.0137. The van der Waals surface area contributed by atoms with Gasteiger partial charge in [0.25, 0.3) is 10.1 Å². The van der Waals surface area contributed by atoms with Crippen LogP contribution < -0.4 is 36.0 Å². The molecule has 1 aromatic carbocycles. The molecule has 0 saturated heterocycles. The van der Waals surface area contributed by atoms with Crippen LogP contribution in [0.5, 0.6) is 5.75 Å². The monoisotopic (exact) mass is 1160 g/mol. The third-order valence-corrected chi connectivity index (χ3v) is 11.5. The van der Waals surface area contributed by atoms with Crippen LogP contribution in [0.3, 0.4) is 0 Å². The first-order chi connectivity index (χ1) is 37.7. The fourth-order valence-electron chi connectivity index (χ4n) is 7.77. The van der Waals surface area contributed by atoms with Gasteiger partial charge in [-0.2, -0.15) is 13.1 Å². The molecule has 80 heavy (non-hydrogen) atoms. The second kappa shape index (κ2) is 37.6. The number of aliphatic hydroxyl groups excluding tert-OH is 3. The highest BCUT2D eigenvalue weighted by molar-refractivity contribution is 7.85. The number of ether oxygens (including phenoxy) is 4. The average molecular weight is 1160 g/mol. The maximum absolute atomic E-state index is 13.1. The average Bonchev–Trinajstić information content (AvgIpc) is 3.78. The van der Waals surface area contributed by atoms with E-state index in [0.29, 0.717) is 44.3 Å². The van der Waals surface area contributed by atoms with Crippen molar-refractivity contribution in [2.45, 2.75) is 110 Å². The number of aliphatic hydroxyl groups is 3. The standard InChI is InChI=1S/C32H50FN5O13.C16H24N5O.CH4O3S.CH4O/c1-19(2)28(38-26(41)8-11-48-13-14-49-12-9-35-27(42)17-34-4)30(44)36-20(3)29(43)37-23-6-5-21(18-50-32(33)47)15-24(23)51-25(31(45)46)16-22(40)7-10-39;1-12(2)16-15-13-7-5-8-17-21(13)20(9-6-10-22)14(15)11-18(3)19(16)4;1-5(2,3)4;1-2/h5-6,15,19-20,22,25,28,34,39-40H,7-14,16-18H2,1-4H3,(H,35,42)(H,36,44)(H,37,43)(H,38,41)(H,45,46);5,7-8,10,12,16H,6,9,11H2,1-4H3;1H3,(H,2,3,4);2H,1H3/q;+1;;/t20-,22?,25?,28?;;;/m0.../s1. The van der Waals surface area contributed by atoms with Gasteiger partial charge in [-0.1, -0.05) is 33.8 Å². The molecule has 0 saturated carbocycles. The number of carbonyl (C=O) groups is 7. The third kappa shape index (κ3) is 26.3. The van der Waals surface area contributed by atoms with Crippen molar-refractivity contribution >= 4 is 63.4 Å². The van der Waals surface area contributed by atoms with E-state index < -0.39 is 84.0 Å². The van der Waals surface area contributed by atoms with Gasteiger partial charge in [-0.05, 0) is 66.7 Å². The van der Waals surface area contributed by atoms with E-state index in [4.69, 9.17) is 29.0 Å². The van der Waals surface area contributed by atoms with Crippen LogP contribution in [0.4, 0.5) is 14.9 Å². The van der Waals surface area contributed by atoms with E-state index in [1.165, 1.54) is 36.4 Å². The number of anilines is 1. The van der Waals surface area contributed by atoms with Crippen LogP contribution in [0, 0.1) is 11.8 Å². The Morgan fingerprint density at radius 2 is 1.61 bits per heavy atom. The molecule has 4 unspecified atom stereocenters. The molecule has 10 N–H and O–H groups in total. The fraction of sp³-hybridized carbons (Fsp3) is 0.620. The zero-order valence-electron chi connectivity index (χ0n) is 47.0. The van der Waals surface area contributed by atoms with Gasteiger partial charge in [0.1, 0.15) is 48.5 Å². The zero-order chi connectivity index (χ0) is 60.7. The lowest BCUT2D eigenvalue weighted by atomic mass is 9.92. The van der Waals surface area contributed by atoms with Crippen LogP contribution in [0.15, 0.2) is 36.5 Å². The Kier molecular flexibility index (Phi) is 33.6. The molecule has 3 heterocycles. The van der Waals surface area contributed by atoms with Crippen LogP contribution in [0.25, 0.3) is 5.52 Å². The summed E-state index contributed by atoms with van der Waals surface area (Å²) >= 11 is 0. The van der Waals surface area contributed by atoms with Gasteiger partial charge in [-0.25, -0.2) is 19.6 Å². The minimum absolute atomic E-state index is 0.0513. The van der Waals surface area contributed by atoms with E-state index in [0.717, 1.165) is 25.5 Å². The third-order valence-electron chi connectivity index (χ3n) is 11.5. The Bertz CT molecular complexity index is 2530. The number of hydrazine groups is 1. The molecular weight excluding hydrogens is 1080 g/mol. The van der Waals surface area contributed by atoms with Gasteiger partial charge >= 0.3 is 12.2 Å². The van der Waals surface area contributed by atoms with Crippen LogP contribution in [-0.4, -0.2) is 200 Å². The molecular formula is C50H82FN10O18S+. The molecule has 5 atom stereocenters. The molecule has 1 aliphatic heterocycles. The molecule has 2 aromatic heterocycles. The number of benzene rings is 1. The SMILES string of the molecule is CC(C)C1c2c([n+](CCC=O)n3ncccc23)CN(C)N1C.CNCC(=O)NCCOCCOCCC(=O)NC(C(=O)N[C@@H](C)C(=O)Nc1ccc(COC(=O)F)cc1OC(CC(O)CCO)C(=O)O)C(C)C.CO.CS(=O)(=O)O. The van der Waals surface area contributed by atoms with E-state index in [9.17, 15) is 56.6 Å². The maximum atomic E-state index is 13.1. The molecule has 0 bridgehead atoms. The number of nitrogens with zero attached hydrogens (tertiary/aromatic N) is 5. The number of nitrogens with one attached hydrogen (secondary N) is 5. The summed E-state index contributed by atoms with van der Waals surface area (Å²) < 4.78 is 63.3. The summed E-state index contributed by atoms with van der Waals surface area (Å²) in [6.07, 6.45) is -1.53. The van der Waals surface area contributed by atoms with Gasteiger partial charge in [-0.15, -0.1) is 4.39 Å². The molecule has 452 valence electrons. The number of aldehydes is 1. The van der Waals surface area contributed by atoms with Gasteiger partial charge in [0.2, 0.25) is 23.6 Å². The summed E-state index contributed by atoms with van der Waals surface area (Å²) in [5.74, 6) is -3.60. The molecule has 0 aliphatic carbocycles. The largest absolute Gasteiger partial charge is 0.495 e. The van der Waals surface area contributed by atoms with Crippen molar-refractivity contribution in [3.05, 3.63) is 53.3 Å². The number of likely N-dealkylation sites (N-methyl/N-ethyl adjacent to an activating group) is 1. The number of carboxylic acid groups (broad SMARTS) is 1. The Hall–Kier alpha value is -6.35. The van der Waals surface area contributed by atoms with Gasteiger partial charge in [0.15, 0.2) is 12.3 Å². The highest BCUT2D eigenvalue weighted by Gasteiger charge is 2.39. The number of halogens is 1. The van der Waals surface area contributed by atoms with Crippen molar-refractivity contribution in [3.63, 3.8) is 0 Å². The van der Waals surface area contributed by atoms with Gasteiger partial charge in [0.05, 0.1) is 63.6 Å². The van der Waals surface area contributed by atoms with E-state index in [1.54, 1.807) is 27.1 Å². The summed E-state index contributed by atoms with van der Waals surface area (Å²) in [5, 5.41) is 57.8. The first-order valence-electron chi connectivity index (χ1n) is 25.5. The number of carboxylic acids is 1. The summed E-state index contributed by atoms with van der Waals surface area (Å²) in [6.45, 7) is 11.2. The Balaban J connectivity index is 0.000000895. The highest BCUT2D eigenvalue weighted by Crippen LogP contribution is 2.37. The number of rotatable bonds is 30. The normalized spacial score (nSPS) is 14.7. The van der Waals surface area contributed by atoms with Crippen LogP contribution in [-0.2, 0) is 72.8 Å². The maximum Gasteiger partial charge on any atom is 0.495 e. The molecule has 30 heteroatoms. The lowest BCUT2D eigenvalue weighted by Gasteiger charge is -2.40. The molecule has 0 spiro atoms. The number of amides is 4. The first-order valence-corrected chi connectivity index (χ1v) is 27.3. The van der Waals surface area contributed by atoms with Crippen LogP contribution >= 0.6 is 0 Å². The second-order valence-corrected chi connectivity index (χ2v) is 20.1. The van der Waals surface area contributed by atoms with Crippen LogP contribution in [0.1, 0.15) is 83.2 Å². The van der Waals surface area contributed by atoms with Crippen molar-refractivity contribution in [2.75, 3.05) is 85.9 Å². The van der Waals surface area contributed by atoms with E-state index in [2.05, 4.69) is 85.1 Å². The smallest absolute Gasteiger partial charge is 0.479 e. The minimum Gasteiger partial charge on any atom is -0.479 e. The van der Waals surface area contributed by atoms with Gasteiger partial charge < -0.3 is 70.8 Å². The number of aliphatic carboxylic acids is 1. The van der Waals surface area contributed by atoms with Crippen molar-refractivity contribution in [3.8, 4) is 5.75 Å². The summed E-state index contributed by atoms with van der Waals surface area (Å²) in [6, 6.07) is 6.07. The van der Waals surface area contributed by atoms with Gasteiger partial charge in [0, 0.05) is 64.3 Å². The van der Waals surface area contributed by atoms with Crippen molar-refractivity contribution in [2.24, 2.45) is 11.8 Å². The summed E-state index contributed by atoms with van der Waals surface area (Å²) in [4.78, 5) is 83.4. The van der Waals surface area contributed by atoms with E-state index >= 15 is 0 Å². The van der Waals surface area contributed by atoms with Gasteiger partial charge in [-0.3, -0.25) is 23.7 Å². The van der Waals surface area contributed by atoms with Crippen molar-refractivity contribution in [1.82, 2.24) is 41.0 Å². The Morgan fingerprint density at radius 1 is 0.963 bits per heavy atom. The molecule has 28 nitrogen and oxygen atoms in total. The van der Waals surface area contributed by atoms with Crippen LogP contribution in [0.2, 0.25) is 0 Å². The minimum atomic E-state index is -3.67. The fourth-order valence-corrected chi connectivity index (χ4v) is 7.77. The molecule has 4 rings (SSSR count). The second-order valence-electron chi connectivity index (χ2n) is 18.6. The van der Waals surface area contributed by atoms with Crippen molar-refractivity contribution in [1.29, 1.82) is 0 Å². The predicted octanol–water partition coefficient (Wildman–Crippen LogP) is -0.0864. The number of carbonyl (C=O) groups excluding carboxylic acids is 6. The van der Waals surface area contributed by atoms with Crippen molar-refractivity contribution < 1.29 is 95.0 Å². The lowest BCUT2D eigenvalue weighted by Crippen LogP contribution is -2.53. The van der Waals surface area contributed by atoms with E-state index in [-0.39, 0.29) is 68.0 Å². The topological polar surface area (TPSA) is 380 Å². The lowest BCUT2D eigenvalue weighted by molar-refractivity contribution is -0.772. The molecule has 4 amide bonds. The number of fused-ring (bicyclic) bond motifs is 3. The Morgan fingerprint density at radius 3 is 2.19 bits per heavy atom. The molecule has 0 fully saturated rings. The first kappa shape index (κ1) is 71.7. The number of aryl methyl sites for hydroxylation is 1. The zero-order valence-corrected chi connectivity index (χ0v) is 47.9. The molecule has 1 aliphatic rings. The number of hydrogen-bond donors (Lipinski definition) is 10. The molecule has 0 radical (unpaired) electrons. The van der Waals surface area contributed by atoms with E-state index in [1.807, 2.05) is 10.7 Å².